The van der Waals surface area contributed by atoms with Gasteiger partial charge < -0.3 is 10.2 Å². The summed E-state index contributed by atoms with van der Waals surface area (Å²) in [5, 5.41) is 2.92. The average molecular weight is 383 g/mol. The molecule has 1 heterocycles. The van der Waals surface area contributed by atoms with Crippen molar-refractivity contribution in [1.82, 2.24) is 4.90 Å². The van der Waals surface area contributed by atoms with Crippen LogP contribution in [-0.2, 0) is 10.5 Å². The van der Waals surface area contributed by atoms with Gasteiger partial charge in [-0.05, 0) is 49.4 Å². The molecular weight excluding hydrogens is 356 g/mol. The fraction of sp³-hybridized carbons (Fsp3) is 0.364. The van der Waals surface area contributed by atoms with E-state index in [0.717, 1.165) is 31.7 Å². The van der Waals surface area contributed by atoms with Crippen LogP contribution in [-0.4, -0.2) is 35.6 Å². The predicted molar refractivity (Wildman–Crippen MR) is 112 cm³/mol. The normalized spacial score (nSPS) is 14.0. The number of thioether (sulfide) groups is 1. The monoisotopic (exact) mass is 382 g/mol. The molecule has 4 nitrogen and oxygen atoms in total. The van der Waals surface area contributed by atoms with Crippen LogP contribution >= 0.6 is 11.8 Å². The van der Waals surface area contributed by atoms with E-state index in [1.165, 1.54) is 17.5 Å². The third kappa shape index (κ3) is 5.36. The molecule has 0 aliphatic carbocycles. The minimum Gasteiger partial charge on any atom is -0.339 e. The van der Waals surface area contributed by atoms with E-state index in [-0.39, 0.29) is 11.8 Å². The lowest BCUT2D eigenvalue weighted by Crippen LogP contribution is -2.36. The van der Waals surface area contributed by atoms with Crippen LogP contribution in [0.4, 0.5) is 5.69 Å². The number of carbonyl (C=O) groups excluding carboxylic acids is 2. The Kier molecular flexibility index (Phi) is 6.93. The molecule has 0 saturated carbocycles. The molecule has 0 unspecified atom stereocenters. The van der Waals surface area contributed by atoms with Crippen molar-refractivity contribution in [2.75, 3.05) is 24.2 Å². The maximum Gasteiger partial charge on any atom is 0.255 e. The van der Waals surface area contributed by atoms with E-state index in [0.29, 0.717) is 17.0 Å². The van der Waals surface area contributed by atoms with Gasteiger partial charge in [-0.15, -0.1) is 11.8 Å². The van der Waals surface area contributed by atoms with Crippen LogP contribution in [0.25, 0.3) is 0 Å². The summed E-state index contributed by atoms with van der Waals surface area (Å²) in [6.07, 6.45) is 3.28. The van der Waals surface area contributed by atoms with Gasteiger partial charge in [0, 0.05) is 18.8 Å². The zero-order chi connectivity index (χ0) is 19.1. The summed E-state index contributed by atoms with van der Waals surface area (Å²) in [5.74, 6) is 1.10. The highest BCUT2D eigenvalue weighted by atomic mass is 32.2. The van der Waals surface area contributed by atoms with E-state index in [4.69, 9.17) is 0 Å². The standard InChI is InChI=1S/C22H26N2O2S/c1-17-9-3-4-10-18(17)15-27-16-21(25)23-20-12-6-5-11-19(20)22(26)24-13-7-2-8-14-24/h3-6,9-12H,2,7-8,13-16H2,1H3,(H,23,25). The fourth-order valence-corrected chi connectivity index (χ4v) is 4.16. The van der Waals surface area contributed by atoms with Gasteiger partial charge in [0.1, 0.15) is 0 Å². The molecular formula is C22H26N2O2S. The third-order valence-corrected chi connectivity index (χ3v) is 5.81. The molecule has 1 N–H and O–H groups in total. The first-order chi connectivity index (χ1) is 13.1. The van der Waals surface area contributed by atoms with Crippen molar-refractivity contribution in [3.63, 3.8) is 0 Å². The number of aryl methyl sites for hydroxylation is 1. The Balaban J connectivity index is 1.57. The molecule has 0 radical (unpaired) electrons. The summed E-state index contributed by atoms with van der Waals surface area (Å²) in [4.78, 5) is 27.1. The zero-order valence-corrected chi connectivity index (χ0v) is 16.6. The number of rotatable bonds is 6. The Hall–Kier alpha value is -2.27. The predicted octanol–water partition coefficient (Wildman–Crippen LogP) is 4.49. The minimum atomic E-state index is -0.0764. The van der Waals surface area contributed by atoms with Crippen LogP contribution in [0.5, 0.6) is 0 Å². The second-order valence-electron chi connectivity index (χ2n) is 6.87. The van der Waals surface area contributed by atoms with Crippen LogP contribution in [0.15, 0.2) is 48.5 Å². The largest absolute Gasteiger partial charge is 0.339 e. The average Bonchev–Trinajstić information content (AvgIpc) is 2.70. The number of para-hydroxylation sites is 1. The summed E-state index contributed by atoms with van der Waals surface area (Å²) >= 11 is 1.58. The first-order valence-electron chi connectivity index (χ1n) is 9.45. The molecule has 142 valence electrons. The maximum absolute atomic E-state index is 12.8. The third-order valence-electron chi connectivity index (χ3n) is 4.83. The van der Waals surface area contributed by atoms with E-state index in [2.05, 4.69) is 24.4 Å². The van der Waals surface area contributed by atoms with Crippen molar-refractivity contribution in [2.24, 2.45) is 0 Å². The minimum absolute atomic E-state index is 0.0122. The second kappa shape index (κ2) is 9.60. The first kappa shape index (κ1) is 19.5. The molecule has 27 heavy (non-hydrogen) atoms. The Bertz CT molecular complexity index is 800. The van der Waals surface area contributed by atoms with Gasteiger partial charge >= 0.3 is 0 Å². The molecule has 5 heteroatoms. The van der Waals surface area contributed by atoms with Crippen LogP contribution in [0.1, 0.15) is 40.7 Å². The fourth-order valence-electron chi connectivity index (χ4n) is 3.26. The summed E-state index contributed by atoms with van der Waals surface area (Å²) < 4.78 is 0. The molecule has 0 bridgehead atoms. The van der Waals surface area contributed by atoms with Crippen molar-refractivity contribution in [2.45, 2.75) is 31.9 Å². The lowest BCUT2D eigenvalue weighted by molar-refractivity contribution is -0.113. The van der Waals surface area contributed by atoms with Gasteiger partial charge in [-0.25, -0.2) is 0 Å². The van der Waals surface area contributed by atoms with E-state index < -0.39 is 0 Å². The van der Waals surface area contributed by atoms with Crippen LogP contribution < -0.4 is 5.32 Å². The Morgan fingerprint density at radius 1 is 1.00 bits per heavy atom. The molecule has 3 rings (SSSR count). The quantitative estimate of drug-likeness (QED) is 0.801. The summed E-state index contributed by atoms with van der Waals surface area (Å²) in [5.41, 5.74) is 3.67. The number of amides is 2. The molecule has 0 spiro atoms. The highest BCUT2D eigenvalue weighted by Crippen LogP contribution is 2.21. The Morgan fingerprint density at radius 3 is 2.48 bits per heavy atom. The molecule has 1 aliphatic heterocycles. The van der Waals surface area contributed by atoms with Crippen molar-refractivity contribution in [3.05, 3.63) is 65.2 Å². The number of carbonyl (C=O) groups is 2. The zero-order valence-electron chi connectivity index (χ0n) is 15.7. The van der Waals surface area contributed by atoms with Crippen LogP contribution in [0, 0.1) is 6.92 Å². The second-order valence-corrected chi connectivity index (χ2v) is 7.85. The number of piperidine rings is 1. The number of nitrogens with zero attached hydrogens (tertiary/aromatic N) is 1. The molecule has 0 atom stereocenters. The molecule has 1 fully saturated rings. The number of nitrogens with one attached hydrogen (secondary N) is 1. The molecule has 0 aromatic heterocycles. The molecule has 1 saturated heterocycles. The van der Waals surface area contributed by atoms with Gasteiger partial charge in [-0.2, -0.15) is 0 Å². The van der Waals surface area contributed by atoms with E-state index in [9.17, 15) is 9.59 Å². The van der Waals surface area contributed by atoms with E-state index in [1.54, 1.807) is 23.9 Å². The van der Waals surface area contributed by atoms with Crippen LogP contribution in [0.2, 0.25) is 0 Å². The number of hydrogen-bond donors (Lipinski definition) is 1. The van der Waals surface area contributed by atoms with Crippen molar-refractivity contribution in [3.8, 4) is 0 Å². The number of likely N-dealkylation sites (tertiary alicyclic amines) is 1. The topological polar surface area (TPSA) is 49.4 Å². The highest BCUT2D eigenvalue weighted by Gasteiger charge is 2.21. The van der Waals surface area contributed by atoms with Gasteiger partial charge in [0.15, 0.2) is 0 Å². The number of benzene rings is 2. The first-order valence-corrected chi connectivity index (χ1v) is 10.6. The van der Waals surface area contributed by atoms with Gasteiger partial charge in [0.05, 0.1) is 17.0 Å². The number of hydrogen-bond acceptors (Lipinski definition) is 3. The van der Waals surface area contributed by atoms with Gasteiger partial charge in [0.25, 0.3) is 5.91 Å². The SMILES string of the molecule is Cc1ccccc1CSCC(=O)Nc1ccccc1C(=O)N1CCCCC1. The van der Waals surface area contributed by atoms with Crippen molar-refractivity contribution in [1.29, 1.82) is 0 Å². The number of anilines is 1. The Labute approximate surface area is 165 Å². The summed E-state index contributed by atoms with van der Waals surface area (Å²) in [6.45, 7) is 3.68. The van der Waals surface area contributed by atoms with E-state index >= 15 is 0 Å². The van der Waals surface area contributed by atoms with Gasteiger partial charge in [0.2, 0.25) is 5.91 Å². The Morgan fingerprint density at radius 2 is 1.70 bits per heavy atom. The lowest BCUT2D eigenvalue weighted by atomic mass is 10.1. The summed E-state index contributed by atoms with van der Waals surface area (Å²) in [7, 11) is 0. The van der Waals surface area contributed by atoms with Crippen LogP contribution in [0.3, 0.4) is 0 Å². The molecule has 2 amide bonds. The maximum atomic E-state index is 12.8. The van der Waals surface area contributed by atoms with Gasteiger partial charge in [-0.3, -0.25) is 9.59 Å². The summed E-state index contributed by atoms with van der Waals surface area (Å²) in [6, 6.07) is 15.5. The van der Waals surface area contributed by atoms with E-state index in [1.807, 2.05) is 29.2 Å². The molecule has 2 aromatic rings. The molecule has 1 aliphatic rings. The van der Waals surface area contributed by atoms with Crippen molar-refractivity contribution < 1.29 is 9.59 Å². The van der Waals surface area contributed by atoms with Gasteiger partial charge in [-0.1, -0.05) is 36.4 Å². The smallest absolute Gasteiger partial charge is 0.255 e. The highest BCUT2D eigenvalue weighted by molar-refractivity contribution is 7.99. The lowest BCUT2D eigenvalue weighted by Gasteiger charge is -2.27. The van der Waals surface area contributed by atoms with Crippen molar-refractivity contribution >= 4 is 29.3 Å². The molecule has 2 aromatic carbocycles.